The van der Waals surface area contributed by atoms with E-state index < -0.39 is 0 Å². The molecule has 4 nitrogen and oxygen atoms in total. The first-order valence-corrected chi connectivity index (χ1v) is 5.68. The first kappa shape index (κ1) is 10.0. The minimum Gasteiger partial charge on any atom is -0.538 e. The Morgan fingerprint density at radius 1 is 1.40 bits per heavy atom. The fourth-order valence-electron chi connectivity index (χ4n) is 1.31. The maximum Gasteiger partial charge on any atom is 0.291 e. The van der Waals surface area contributed by atoms with E-state index in [2.05, 4.69) is 9.79 Å². The van der Waals surface area contributed by atoms with E-state index in [0.717, 1.165) is 5.56 Å². The van der Waals surface area contributed by atoms with Crippen molar-refractivity contribution in [1.29, 1.82) is 0 Å². The van der Waals surface area contributed by atoms with Crippen LogP contribution in [0.5, 0.6) is 5.95 Å². The Labute approximate surface area is 91.5 Å². The summed E-state index contributed by atoms with van der Waals surface area (Å²) in [5, 5.41) is 15.4. The van der Waals surface area contributed by atoms with Crippen LogP contribution in [0.3, 0.4) is 0 Å². The lowest BCUT2D eigenvalue weighted by Crippen LogP contribution is -2.38. The van der Waals surface area contributed by atoms with Crippen LogP contribution in [0.4, 0.5) is 0 Å². The zero-order valence-electron chi connectivity index (χ0n) is 8.21. The molecule has 0 aliphatic heterocycles. The summed E-state index contributed by atoms with van der Waals surface area (Å²) in [6.45, 7) is 0.558. The van der Waals surface area contributed by atoms with Crippen LogP contribution in [0, 0.1) is 0 Å². The summed E-state index contributed by atoms with van der Waals surface area (Å²) in [6, 6.07) is 9.82. The zero-order valence-corrected chi connectivity index (χ0v) is 9.03. The van der Waals surface area contributed by atoms with Crippen molar-refractivity contribution in [1.82, 2.24) is 5.27 Å². The van der Waals surface area contributed by atoms with E-state index >= 15 is 0 Å². The maximum atomic E-state index is 11.2. The van der Waals surface area contributed by atoms with Crippen LogP contribution in [0.1, 0.15) is 5.56 Å². The summed E-state index contributed by atoms with van der Waals surface area (Å²) in [4.78, 5) is 0. The normalized spacial score (nSPS) is 10.5. The number of benzene rings is 1. The van der Waals surface area contributed by atoms with Gasteiger partial charge in [-0.2, -0.15) is 0 Å². The third kappa shape index (κ3) is 2.12. The van der Waals surface area contributed by atoms with Crippen LogP contribution < -0.4 is 9.79 Å². The molecular formula is C10H10N2O2S. The highest BCUT2D eigenvalue weighted by Crippen LogP contribution is 2.18. The van der Waals surface area contributed by atoms with E-state index in [4.69, 9.17) is 0 Å². The third-order valence-electron chi connectivity index (χ3n) is 2.00. The van der Waals surface area contributed by atoms with Gasteiger partial charge in [-0.15, -0.1) is 0 Å². The van der Waals surface area contributed by atoms with Crippen molar-refractivity contribution < 1.29 is 14.3 Å². The first-order valence-electron chi connectivity index (χ1n) is 4.46. The van der Waals surface area contributed by atoms with Crippen LogP contribution in [0.15, 0.2) is 39.9 Å². The highest BCUT2D eigenvalue weighted by atomic mass is 32.2. The molecule has 1 aromatic heterocycles. The van der Waals surface area contributed by atoms with E-state index in [-0.39, 0.29) is 5.95 Å². The fourth-order valence-corrected chi connectivity index (χ4v) is 1.83. The minimum absolute atomic E-state index is 0.376. The largest absolute Gasteiger partial charge is 0.538 e. The van der Waals surface area contributed by atoms with Gasteiger partial charge in [0.2, 0.25) is 6.54 Å². The van der Waals surface area contributed by atoms with Gasteiger partial charge in [-0.3, -0.25) is 0 Å². The standard InChI is InChI=1S/C10H10N2O2S/c1-15-9-10(13)14-11-12(9)7-8-5-3-2-4-6-8/h2-6H,7H2,1H3. The van der Waals surface area contributed by atoms with Gasteiger partial charge in [0.25, 0.3) is 5.03 Å². The van der Waals surface area contributed by atoms with Gasteiger partial charge in [-0.25, -0.2) is 0 Å². The lowest BCUT2D eigenvalue weighted by Gasteiger charge is -1.94. The van der Waals surface area contributed by atoms with Crippen molar-refractivity contribution >= 4 is 11.8 Å². The predicted molar refractivity (Wildman–Crippen MR) is 53.5 cm³/mol. The van der Waals surface area contributed by atoms with Gasteiger partial charge in [0.05, 0.1) is 5.27 Å². The molecule has 0 aliphatic rings. The number of aromatic nitrogens is 2. The Morgan fingerprint density at radius 2 is 2.13 bits per heavy atom. The lowest BCUT2D eigenvalue weighted by molar-refractivity contribution is -0.786. The molecule has 2 rings (SSSR count). The van der Waals surface area contributed by atoms with Crippen molar-refractivity contribution in [3.05, 3.63) is 35.9 Å². The van der Waals surface area contributed by atoms with Gasteiger partial charge in [0.1, 0.15) is 0 Å². The number of hydrogen-bond donors (Lipinski definition) is 0. The molecule has 0 amide bonds. The van der Waals surface area contributed by atoms with Crippen molar-refractivity contribution in [2.24, 2.45) is 0 Å². The third-order valence-corrected chi connectivity index (χ3v) is 2.76. The summed E-state index contributed by atoms with van der Waals surface area (Å²) in [5.74, 6) is -0.376. The highest BCUT2D eigenvalue weighted by molar-refractivity contribution is 7.98. The van der Waals surface area contributed by atoms with Crippen molar-refractivity contribution in [2.75, 3.05) is 6.26 Å². The number of hydrogen-bond acceptors (Lipinski definition) is 4. The minimum atomic E-state index is -0.376. The van der Waals surface area contributed by atoms with Crippen LogP contribution in [-0.4, -0.2) is 11.5 Å². The molecule has 0 unspecified atom stereocenters. The SMILES string of the molecule is CSc1c([O-])on[n+]1Cc1ccccc1. The molecule has 0 fully saturated rings. The summed E-state index contributed by atoms with van der Waals surface area (Å²) in [7, 11) is 0. The molecule has 15 heavy (non-hydrogen) atoms. The summed E-state index contributed by atoms with van der Waals surface area (Å²) < 4.78 is 6.17. The maximum absolute atomic E-state index is 11.2. The molecule has 0 aliphatic carbocycles. The molecule has 78 valence electrons. The number of rotatable bonds is 3. The Kier molecular flexibility index (Phi) is 2.91. The second-order valence-corrected chi connectivity index (χ2v) is 3.81. The smallest absolute Gasteiger partial charge is 0.291 e. The Morgan fingerprint density at radius 3 is 2.80 bits per heavy atom. The van der Waals surface area contributed by atoms with Crippen LogP contribution >= 0.6 is 11.8 Å². The molecule has 1 heterocycles. The van der Waals surface area contributed by atoms with E-state index in [0.29, 0.717) is 11.6 Å². The molecular weight excluding hydrogens is 212 g/mol. The van der Waals surface area contributed by atoms with Crippen molar-refractivity contribution in [3.8, 4) is 5.95 Å². The number of thioether (sulfide) groups is 1. The summed E-state index contributed by atoms with van der Waals surface area (Å²) >= 11 is 1.34. The van der Waals surface area contributed by atoms with Gasteiger partial charge < -0.3 is 9.63 Å². The van der Waals surface area contributed by atoms with E-state index in [1.807, 2.05) is 36.6 Å². The molecule has 1 aromatic carbocycles. The predicted octanol–water partition coefficient (Wildman–Crippen LogP) is 0.806. The average molecular weight is 222 g/mol. The van der Waals surface area contributed by atoms with Gasteiger partial charge in [-0.1, -0.05) is 46.8 Å². The zero-order chi connectivity index (χ0) is 10.7. The quantitative estimate of drug-likeness (QED) is 0.569. The topological polar surface area (TPSA) is 53.0 Å². The van der Waals surface area contributed by atoms with Crippen LogP contribution in [0.25, 0.3) is 0 Å². The molecule has 0 radical (unpaired) electrons. The van der Waals surface area contributed by atoms with Crippen LogP contribution in [0.2, 0.25) is 0 Å². The van der Waals surface area contributed by atoms with Gasteiger partial charge in [0, 0.05) is 5.56 Å². The molecule has 0 atom stereocenters. The van der Waals surface area contributed by atoms with E-state index in [1.54, 1.807) is 4.68 Å². The van der Waals surface area contributed by atoms with Crippen molar-refractivity contribution in [2.45, 2.75) is 11.6 Å². The fraction of sp³-hybridized carbons (Fsp3) is 0.200. The Balaban J connectivity index is 2.25. The summed E-state index contributed by atoms with van der Waals surface area (Å²) in [6.07, 6.45) is 1.83. The van der Waals surface area contributed by atoms with Crippen molar-refractivity contribution in [3.63, 3.8) is 0 Å². The molecule has 0 saturated carbocycles. The molecule has 0 spiro atoms. The Hall–Kier alpha value is -1.49. The molecule has 2 aromatic rings. The van der Waals surface area contributed by atoms with E-state index in [9.17, 15) is 5.11 Å². The van der Waals surface area contributed by atoms with Gasteiger partial charge in [0.15, 0.2) is 5.95 Å². The average Bonchev–Trinajstić information content (AvgIpc) is 2.61. The molecule has 0 bridgehead atoms. The first-order chi connectivity index (χ1) is 7.31. The van der Waals surface area contributed by atoms with Gasteiger partial charge in [-0.05, 0) is 6.26 Å². The summed E-state index contributed by atoms with van der Waals surface area (Å²) in [5.41, 5.74) is 1.09. The van der Waals surface area contributed by atoms with E-state index in [1.165, 1.54) is 11.8 Å². The van der Waals surface area contributed by atoms with Crippen LogP contribution in [-0.2, 0) is 6.54 Å². The molecule has 5 heteroatoms. The number of nitrogens with zero attached hydrogens (tertiary/aromatic N) is 2. The molecule has 0 saturated heterocycles. The second-order valence-electron chi connectivity index (χ2n) is 3.01. The van der Waals surface area contributed by atoms with Gasteiger partial charge >= 0.3 is 0 Å². The second kappa shape index (κ2) is 4.35. The highest BCUT2D eigenvalue weighted by Gasteiger charge is 2.16. The monoisotopic (exact) mass is 222 g/mol. The Bertz CT molecular complexity index is 442. The molecule has 0 N–H and O–H groups in total. The lowest BCUT2D eigenvalue weighted by atomic mass is 10.2.